The number of carbonyl (C=O) groups is 2. The molecule has 0 fully saturated rings. The van der Waals surface area contributed by atoms with Gasteiger partial charge < -0.3 is 14.9 Å². The van der Waals surface area contributed by atoms with Gasteiger partial charge in [-0.15, -0.1) is 0 Å². The molecule has 0 heterocycles. The predicted octanol–water partition coefficient (Wildman–Crippen LogP) is 2.97. The molecule has 5 nitrogen and oxygen atoms in total. The van der Waals surface area contributed by atoms with Crippen molar-refractivity contribution in [3.05, 3.63) is 23.8 Å². The summed E-state index contributed by atoms with van der Waals surface area (Å²) in [4.78, 5) is 22.2. The lowest BCUT2D eigenvalue weighted by Crippen LogP contribution is -2.08. The van der Waals surface area contributed by atoms with Crippen LogP contribution in [0.25, 0.3) is 0 Å². The maximum absolute atomic E-state index is 11.5. The van der Waals surface area contributed by atoms with Crippen LogP contribution >= 0.6 is 0 Å². The van der Waals surface area contributed by atoms with Crippen LogP contribution in [0.15, 0.2) is 18.2 Å². The van der Waals surface area contributed by atoms with Crippen LogP contribution in [0, 0.1) is 0 Å². The van der Waals surface area contributed by atoms with Gasteiger partial charge in [0.1, 0.15) is 17.1 Å². The highest BCUT2D eigenvalue weighted by Gasteiger charge is 2.12. The number of aromatic hydroxyl groups is 1. The van der Waals surface area contributed by atoms with E-state index in [1.807, 2.05) is 0 Å². The molecule has 1 rings (SSSR count). The second kappa shape index (κ2) is 7.41. The Morgan fingerprint density at radius 1 is 1.21 bits per heavy atom. The summed E-state index contributed by atoms with van der Waals surface area (Å²) in [7, 11) is 0. The van der Waals surface area contributed by atoms with E-state index in [-0.39, 0.29) is 17.3 Å². The third-order valence-electron chi connectivity index (χ3n) is 2.67. The van der Waals surface area contributed by atoms with Gasteiger partial charge in [0.15, 0.2) is 0 Å². The van der Waals surface area contributed by atoms with Crippen LogP contribution in [0.1, 0.15) is 49.4 Å². The van der Waals surface area contributed by atoms with Gasteiger partial charge in [0.25, 0.3) is 0 Å². The maximum Gasteiger partial charge on any atom is 0.339 e. The van der Waals surface area contributed by atoms with Crippen molar-refractivity contribution in [3.63, 3.8) is 0 Å². The number of phenols is 1. The molecule has 0 radical (unpaired) electrons. The van der Waals surface area contributed by atoms with Crippen LogP contribution < -0.4 is 4.74 Å². The average molecular weight is 266 g/mol. The molecular formula is C14H18O5. The highest BCUT2D eigenvalue weighted by molar-refractivity contribution is 5.91. The lowest BCUT2D eigenvalue weighted by atomic mass is 10.1. The van der Waals surface area contributed by atoms with Gasteiger partial charge in [-0.2, -0.15) is 0 Å². The van der Waals surface area contributed by atoms with Crippen molar-refractivity contribution in [2.24, 2.45) is 0 Å². The number of carbonyl (C=O) groups excluding carboxylic acids is 1. The van der Waals surface area contributed by atoms with Gasteiger partial charge in [0.05, 0.1) is 0 Å². The van der Waals surface area contributed by atoms with Crippen LogP contribution in [-0.4, -0.2) is 22.2 Å². The summed E-state index contributed by atoms with van der Waals surface area (Å²) >= 11 is 0. The summed E-state index contributed by atoms with van der Waals surface area (Å²) < 4.78 is 5.02. The Bertz CT molecular complexity index is 453. The first-order valence-electron chi connectivity index (χ1n) is 6.31. The van der Waals surface area contributed by atoms with Gasteiger partial charge in [-0.25, -0.2) is 4.79 Å². The second-order valence-corrected chi connectivity index (χ2v) is 4.27. The van der Waals surface area contributed by atoms with E-state index >= 15 is 0 Å². The molecule has 0 saturated carbocycles. The molecule has 2 N–H and O–H groups in total. The number of hydrogen-bond acceptors (Lipinski definition) is 4. The highest BCUT2D eigenvalue weighted by atomic mass is 16.5. The van der Waals surface area contributed by atoms with Crippen LogP contribution in [-0.2, 0) is 4.79 Å². The van der Waals surface area contributed by atoms with E-state index in [1.165, 1.54) is 12.1 Å². The van der Waals surface area contributed by atoms with Crippen LogP contribution in [0.2, 0.25) is 0 Å². The van der Waals surface area contributed by atoms with E-state index in [4.69, 9.17) is 9.84 Å². The topological polar surface area (TPSA) is 83.8 Å². The fraction of sp³-hybridized carbons (Fsp3) is 0.429. The molecule has 0 aliphatic heterocycles. The first-order chi connectivity index (χ1) is 9.04. The zero-order valence-electron chi connectivity index (χ0n) is 10.9. The van der Waals surface area contributed by atoms with Crippen molar-refractivity contribution in [1.82, 2.24) is 0 Å². The van der Waals surface area contributed by atoms with E-state index in [1.54, 1.807) is 0 Å². The summed E-state index contributed by atoms with van der Waals surface area (Å²) in [5.74, 6) is -1.86. The Morgan fingerprint density at radius 2 is 1.95 bits per heavy atom. The fourth-order valence-electron chi connectivity index (χ4n) is 1.63. The molecule has 0 spiro atoms. The standard InChI is InChI=1S/C14H18O5/c1-2-3-4-5-6-13(16)19-10-7-8-11(14(17)18)12(15)9-10/h7-9,15H,2-6H2,1H3,(H,17,18). The number of unbranched alkanes of at least 4 members (excludes halogenated alkanes) is 3. The molecule has 0 aromatic heterocycles. The number of esters is 1. The molecule has 0 aliphatic rings. The monoisotopic (exact) mass is 266 g/mol. The third-order valence-corrected chi connectivity index (χ3v) is 2.67. The van der Waals surface area contributed by atoms with Crippen molar-refractivity contribution in [2.45, 2.75) is 39.0 Å². The van der Waals surface area contributed by atoms with E-state index < -0.39 is 11.7 Å². The van der Waals surface area contributed by atoms with Gasteiger partial charge >= 0.3 is 11.9 Å². The first kappa shape index (κ1) is 15.0. The summed E-state index contributed by atoms with van der Waals surface area (Å²) in [6.45, 7) is 2.09. The summed E-state index contributed by atoms with van der Waals surface area (Å²) in [5.41, 5.74) is -0.220. The molecule has 5 heteroatoms. The molecular weight excluding hydrogens is 248 g/mol. The quantitative estimate of drug-likeness (QED) is 0.450. The molecule has 104 valence electrons. The number of benzene rings is 1. The van der Waals surface area contributed by atoms with Gasteiger partial charge in [-0.1, -0.05) is 26.2 Å². The summed E-state index contributed by atoms with van der Waals surface area (Å²) in [5, 5.41) is 18.2. The summed E-state index contributed by atoms with van der Waals surface area (Å²) in [6.07, 6.45) is 4.25. The Morgan fingerprint density at radius 3 is 2.53 bits per heavy atom. The average Bonchev–Trinajstić information content (AvgIpc) is 2.34. The van der Waals surface area contributed by atoms with Crippen molar-refractivity contribution >= 4 is 11.9 Å². The molecule has 19 heavy (non-hydrogen) atoms. The van der Waals surface area contributed by atoms with Crippen LogP contribution in [0.3, 0.4) is 0 Å². The van der Waals surface area contributed by atoms with Gasteiger partial charge in [0, 0.05) is 12.5 Å². The number of rotatable bonds is 7. The molecule has 1 aromatic rings. The molecule has 0 atom stereocenters. The molecule has 1 aromatic carbocycles. The zero-order valence-corrected chi connectivity index (χ0v) is 10.9. The van der Waals surface area contributed by atoms with E-state index in [2.05, 4.69) is 6.92 Å². The SMILES string of the molecule is CCCCCCC(=O)Oc1ccc(C(=O)O)c(O)c1. The normalized spacial score (nSPS) is 10.2. The van der Waals surface area contributed by atoms with E-state index in [9.17, 15) is 14.7 Å². The molecule has 0 aliphatic carbocycles. The minimum absolute atomic E-state index is 0.156. The minimum atomic E-state index is -1.23. The third kappa shape index (κ3) is 4.99. The van der Waals surface area contributed by atoms with Gasteiger partial charge in [-0.3, -0.25) is 4.79 Å². The Hall–Kier alpha value is -2.04. The van der Waals surface area contributed by atoms with E-state index in [0.29, 0.717) is 6.42 Å². The zero-order chi connectivity index (χ0) is 14.3. The maximum atomic E-state index is 11.5. The second-order valence-electron chi connectivity index (χ2n) is 4.27. The van der Waals surface area contributed by atoms with Crippen LogP contribution in [0.5, 0.6) is 11.5 Å². The first-order valence-corrected chi connectivity index (χ1v) is 6.31. The predicted molar refractivity (Wildman–Crippen MR) is 69.5 cm³/mol. The van der Waals surface area contributed by atoms with Crippen LogP contribution in [0.4, 0.5) is 0 Å². The minimum Gasteiger partial charge on any atom is -0.507 e. The highest BCUT2D eigenvalue weighted by Crippen LogP contribution is 2.24. The van der Waals surface area contributed by atoms with Crippen molar-refractivity contribution < 1.29 is 24.5 Å². The smallest absolute Gasteiger partial charge is 0.339 e. The number of carboxylic acids is 1. The van der Waals surface area contributed by atoms with Crippen molar-refractivity contribution in [3.8, 4) is 11.5 Å². The summed E-state index contributed by atoms with van der Waals surface area (Å²) in [6, 6.07) is 3.69. The lowest BCUT2D eigenvalue weighted by Gasteiger charge is -2.06. The van der Waals surface area contributed by atoms with E-state index in [0.717, 1.165) is 31.7 Å². The fourth-order valence-corrected chi connectivity index (χ4v) is 1.63. The molecule has 0 saturated heterocycles. The molecule has 0 bridgehead atoms. The molecule has 0 amide bonds. The number of ether oxygens (including phenoxy) is 1. The Labute approximate surface area is 111 Å². The van der Waals surface area contributed by atoms with Crippen molar-refractivity contribution in [2.75, 3.05) is 0 Å². The number of hydrogen-bond donors (Lipinski definition) is 2. The van der Waals surface area contributed by atoms with Crippen molar-refractivity contribution in [1.29, 1.82) is 0 Å². The number of carboxylic acid groups (broad SMARTS) is 1. The van der Waals surface area contributed by atoms with Gasteiger partial charge in [-0.05, 0) is 18.6 Å². The largest absolute Gasteiger partial charge is 0.507 e. The number of aromatic carboxylic acids is 1. The molecule has 0 unspecified atom stereocenters. The van der Waals surface area contributed by atoms with Gasteiger partial charge in [0.2, 0.25) is 0 Å². The Balaban J connectivity index is 2.51. The lowest BCUT2D eigenvalue weighted by molar-refractivity contribution is -0.134. The Kier molecular flexibility index (Phi) is 5.85.